The van der Waals surface area contributed by atoms with E-state index in [0.29, 0.717) is 0 Å². The zero-order valence-corrected chi connectivity index (χ0v) is 11.0. The van der Waals surface area contributed by atoms with Crippen LogP contribution in [-0.2, 0) is 0 Å². The fourth-order valence-corrected chi connectivity index (χ4v) is 2.22. The lowest BCUT2D eigenvalue weighted by molar-refractivity contribution is 0.0965. The molecule has 0 saturated heterocycles. The summed E-state index contributed by atoms with van der Waals surface area (Å²) in [4.78, 5) is 16.6. The van der Waals surface area contributed by atoms with Crippen LogP contribution in [0.15, 0.2) is 42.7 Å². The van der Waals surface area contributed by atoms with Crippen molar-refractivity contribution < 1.29 is 4.79 Å². The number of hydrogen-bond acceptors (Lipinski definition) is 2. The van der Waals surface area contributed by atoms with E-state index in [4.69, 9.17) is 0 Å². The molecule has 1 atom stereocenters. The van der Waals surface area contributed by atoms with Gasteiger partial charge in [0.1, 0.15) is 0 Å². The third kappa shape index (κ3) is 2.33. The molecule has 2 rings (SSSR count). The van der Waals surface area contributed by atoms with Crippen molar-refractivity contribution in [2.24, 2.45) is 0 Å². The predicted molar refractivity (Wildman–Crippen MR) is 72.9 cm³/mol. The van der Waals surface area contributed by atoms with Crippen LogP contribution in [0.2, 0.25) is 0 Å². The number of nitrogens with zero attached hydrogens (tertiary/aromatic N) is 1. The molecule has 2 heteroatoms. The largest absolute Gasteiger partial charge is 0.293 e. The molecule has 92 valence electrons. The first kappa shape index (κ1) is 12.5. The summed E-state index contributed by atoms with van der Waals surface area (Å²) in [5.41, 5.74) is 3.95. The average Bonchev–Trinajstić information content (AvgIpc) is 2.38. The van der Waals surface area contributed by atoms with Crippen molar-refractivity contribution in [3.8, 4) is 0 Å². The fourth-order valence-electron chi connectivity index (χ4n) is 2.22. The Bertz CT molecular complexity index is 540. The highest BCUT2D eigenvalue weighted by Crippen LogP contribution is 2.24. The van der Waals surface area contributed by atoms with Crippen molar-refractivity contribution >= 4 is 5.78 Å². The zero-order valence-electron chi connectivity index (χ0n) is 11.0. The lowest BCUT2D eigenvalue weighted by Gasteiger charge is -2.14. The molecule has 0 amide bonds. The van der Waals surface area contributed by atoms with E-state index >= 15 is 0 Å². The van der Waals surface area contributed by atoms with Crippen molar-refractivity contribution in [1.29, 1.82) is 0 Å². The summed E-state index contributed by atoms with van der Waals surface area (Å²) >= 11 is 0. The van der Waals surface area contributed by atoms with Gasteiger partial charge in [-0.15, -0.1) is 0 Å². The minimum atomic E-state index is -0.132. The minimum Gasteiger partial charge on any atom is -0.293 e. The molecule has 2 nitrogen and oxygen atoms in total. The maximum Gasteiger partial charge on any atom is 0.170 e. The molecule has 1 aromatic carbocycles. The lowest BCUT2D eigenvalue weighted by Crippen LogP contribution is -2.12. The molecule has 0 bridgehead atoms. The van der Waals surface area contributed by atoms with Gasteiger partial charge in [0.25, 0.3) is 0 Å². The van der Waals surface area contributed by atoms with E-state index in [-0.39, 0.29) is 11.7 Å². The third-order valence-electron chi connectivity index (χ3n) is 3.33. The van der Waals surface area contributed by atoms with E-state index in [1.807, 2.05) is 51.1 Å². The van der Waals surface area contributed by atoms with Crippen LogP contribution in [0, 0.1) is 13.8 Å². The van der Waals surface area contributed by atoms with E-state index < -0.39 is 0 Å². The highest BCUT2D eigenvalue weighted by Gasteiger charge is 2.20. The molecule has 0 radical (unpaired) electrons. The summed E-state index contributed by atoms with van der Waals surface area (Å²) in [6.45, 7) is 5.92. The number of rotatable bonds is 3. The number of hydrogen-bond donors (Lipinski definition) is 0. The summed E-state index contributed by atoms with van der Waals surface area (Å²) in [7, 11) is 0. The number of carbonyl (C=O) groups is 1. The molecule has 0 N–H and O–H groups in total. The van der Waals surface area contributed by atoms with Crippen molar-refractivity contribution in [2.75, 3.05) is 0 Å². The number of ketones is 1. The van der Waals surface area contributed by atoms with E-state index in [1.165, 1.54) is 0 Å². The van der Waals surface area contributed by atoms with E-state index in [9.17, 15) is 4.79 Å². The van der Waals surface area contributed by atoms with Crippen molar-refractivity contribution in [3.63, 3.8) is 0 Å². The molecule has 2 aromatic rings. The van der Waals surface area contributed by atoms with Gasteiger partial charge in [-0.05, 0) is 42.7 Å². The smallest absolute Gasteiger partial charge is 0.170 e. The SMILES string of the molecule is Cc1cccc(C)c1C(=O)C(C)c1ccncc1. The van der Waals surface area contributed by atoms with Crippen molar-refractivity contribution in [1.82, 2.24) is 4.98 Å². The second-order valence-electron chi connectivity index (χ2n) is 4.63. The van der Waals surface area contributed by atoms with Crippen molar-refractivity contribution in [3.05, 3.63) is 65.0 Å². The number of aryl methyl sites for hydroxylation is 2. The number of pyridine rings is 1. The monoisotopic (exact) mass is 239 g/mol. The van der Waals surface area contributed by atoms with Crippen LogP contribution in [0.4, 0.5) is 0 Å². The Kier molecular flexibility index (Phi) is 3.56. The molecule has 0 saturated carbocycles. The first-order chi connectivity index (χ1) is 8.61. The molecule has 0 aliphatic rings. The molecule has 1 heterocycles. The summed E-state index contributed by atoms with van der Waals surface area (Å²) in [6.07, 6.45) is 3.45. The highest BCUT2D eigenvalue weighted by atomic mass is 16.1. The molecule has 0 aliphatic heterocycles. The number of aromatic nitrogens is 1. The number of Topliss-reactive ketones (excluding diaryl/α,β-unsaturated/α-hetero) is 1. The molecule has 0 aliphatic carbocycles. The first-order valence-corrected chi connectivity index (χ1v) is 6.11. The number of benzene rings is 1. The summed E-state index contributed by atoms with van der Waals surface area (Å²) in [6, 6.07) is 9.75. The second-order valence-corrected chi connectivity index (χ2v) is 4.63. The van der Waals surface area contributed by atoms with E-state index in [1.54, 1.807) is 12.4 Å². The average molecular weight is 239 g/mol. The maximum absolute atomic E-state index is 12.6. The standard InChI is InChI=1S/C16H17NO/c1-11-5-4-6-12(2)15(11)16(18)13(3)14-7-9-17-10-8-14/h4-10,13H,1-3H3. The molecular formula is C16H17NO. The van der Waals surface area contributed by atoms with E-state index in [2.05, 4.69) is 4.98 Å². The van der Waals surface area contributed by atoms with Gasteiger partial charge in [-0.2, -0.15) is 0 Å². The molecule has 1 aromatic heterocycles. The van der Waals surface area contributed by atoms with Crippen LogP contribution in [-0.4, -0.2) is 10.8 Å². The molecule has 0 fully saturated rings. The van der Waals surface area contributed by atoms with Crippen LogP contribution in [0.25, 0.3) is 0 Å². The Morgan fingerprint density at radius 1 is 1.06 bits per heavy atom. The fraction of sp³-hybridized carbons (Fsp3) is 0.250. The van der Waals surface area contributed by atoms with E-state index in [0.717, 1.165) is 22.3 Å². The van der Waals surface area contributed by atoms with Gasteiger partial charge in [0, 0.05) is 23.9 Å². The maximum atomic E-state index is 12.6. The normalized spacial score (nSPS) is 12.2. The molecule has 1 unspecified atom stereocenters. The van der Waals surface area contributed by atoms with Crippen LogP contribution < -0.4 is 0 Å². The Labute approximate surface area is 108 Å². The van der Waals surface area contributed by atoms with Gasteiger partial charge in [0.2, 0.25) is 0 Å². The Morgan fingerprint density at radius 3 is 2.17 bits per heavy atom. The van der Waals surface area contributed by atoms with Gasteiger partial charge >= 0.3 is 0 Å². The highest BCUT2D eigenvalue weighted by molar-refractivity contribution is 6.03. The zero-order chi connectivity index (χ0) is 13.1. The van der Waals surface area contributed by atoms with Gasteiger partial charge in [-0.3, -0.25) is 9.78 Å². The van der Waals surface area contributed by atoms with Crippen LogP contribution in [0.1, 0.15) is 39.9 Å². The topological polar surface area (TPSA) is 30.0 Å². The molecular weight excluding hydrogens is 222 g/mol. The first-order valence-electron chi connectivity index (χ1n) is 6.11. The Balaban J connectivity index is 2.38. The van der Waals surface area contributed by atoms with Crippen LogP contribution in [0.5, 0.6) is 0 Å². The van der Waals surface area contributed by atoms with Gasteiger partial charge in [0.05, 0.1) is 0 Å². The van der Waals surface area contributed by atoms with Crippen LogP contribution >= 0.6 is 0 Å². The third-order valence-corrected chi connectivity index (χ3v) is 3.33. The van der Waals surface area contributed by atoms with Crippen LogP contribution in [0.3, 0.4) is 0 Å². The Hall–Kier alpha value is -1.96. The second kappa shape index (κ2) is 5.13. The molecule has 18 heavy (non-hydrogen) atoms. The van der Waals surface area contributed by atoms with Gasteiger partial charge in [0.15, 0.2) is 5.78 Å². The van der Waals surface area contributed by atoms with Gasteiger partial charge in [-0.25, -0.2) is 0 Å². The summed E-state index contributed by atoms with van der Waals surface area (Å²) in [5.74, 6) is 0.0459. The van der Waals surface area contributed by atoms with Gasteiger partial charge < -0.3 is 0 Å². The minimum absolute atomic E-state index is 0.132. The summed E-state index contributed by atoms with van der Waals surface area (Å²) in [5, 5.41) is 0. The quantitative estimate of drug-likeness (QED) is 0.765. The molecule has 0 spiro atoms. The Morgan fingerprint density at radius 2 is 1.61 bits per heavy atom. The number of carbonyl (C=O) groups excluding carboxylic acids is 1. The lowest BCUT2D eigenvalue weighted by atomic mass is 9.88. The van der Waals surface area contributed by atoms with Gasteiger partial charge in [-0.1, -0.05) is 25.1 Å². The van der Waals surface area contributed by atoms with Crippen molar-refractivity contribution in [2.45, 2.75) is 26.7 Å². The predicted octanol–water partition coefficient (Wildman–Crippen LogP) is 3.68. The summed E-state index contributed by atoms with van der Waals surface area (Å²) < 4.78 is 0.